The summed E-state index contributed by atoms with van der Waals surface area (Å²) in [5.74, 6) is -0.898. The van der Waals surface area contributed by atoms with Crippen molar-refractivity contribution in [3.63, 3.8) is 0 Å². The van der Waals surface area contributed by atoms with Crippen LogP contribution in [0.2, 0.25) is 0 Å². The highest BCUT2D eigenvalue weighted by Crippen LogP contribution is 2.52. The summed E-state index contributed by atoms with van der Waals surface area (Å²) in [5, 5.41) is 117. The second kappa shape index (κ2) is 16.1. The maximum Gasteiger partial charge on any atom is 0.187 e. The molecule has 7 aliphatic rings. The molecule has 7 rings (SSSR count). The maximum absolute atomic E-state index is 11.2. The van der Waals surface area contributed by atoms with Gasteiger partial charge in [-0.05, 0) is 82.5 Å². The molecule has 7 fully saturated rings. The van der Waals surface area contributed by atoms with Crippen molar-refractivity contribution in [3.8, 4) is 0 Å². The summed E-state index contributed by atoms with van der Waals surface area (Å²) in [6.45, 7) is 1.02. The van der Waals surface area contributed by atoms with Gasteiger partial charge in [0, 0.05) is 5.92 Å². The van der Waals surface area contributed by atoms with E-state index in [2.05, 4.69) is 0 Å². The summed E-state index contributed by atoms with van der Waals surface area (Å²) < 4.78 is 37.3. The highest BCUT2D eigenvalue weighted by molar-refractivity contribution is 5.07. The summed E-state index contributed by atoms with van der Waals surface area (Å²) in [5.41, 5.74) is 0. The van der Waals surface area contributed by atoms with Gasteiger partial charge in [-0.1, -0.05) is 0 Å². The molecule has 4 aliphatic heterocycles. The summed E-state index contributed by atoms with van der Waals surface area (Å²) in [6.07, 6.45) is -18.3. The van der Waals surface area contributed by atoms with Crippen LogP contribution in [0.1, 0.15) is 64.7 Å². The fourth-order valence-corrected chi connectivity index (χ4v) is 10.1. The van der Waals surface area contributed by atoms with Crippen LogP contribution in [0.25, 0.3) is 0 Å². The Kier molecular flexibility index (Phi) is 12.2. The number of ether oxygens (including phenoxy) is 6. The Morgan fingerprint density at radius 3 is 1.81 bits per heavy atom. The number of hydrogen-bond acceptors (Lipinski definition) is 17. The van der Waals surface area contributed by atoms with Crippen molar-refractivity contribution >= 4 is 0 Å². The molecule has 0 aromatic carbocycles. The van der Waals surface area contributed by atoms with E-state index in [1.165, 1.54) is 6.92 Å². The van der Waals surface area contributed by atoms with E-state index in [-0.39, 0.29) is 48.9 Å². The van der Waals surface area contributed by atoms with Crippen LogP contribution in [0.15, 0.2) is 0 Å². The van der Waals surface area contributed by atoms with Gasteiger partial charge in [0.2, 0.25) is 0 Å². The predicted molar refractivity (Wildman–Crippen MR) is 173 cm³/mol. The van der Waals surface area contributed by atoms with Crippen LogP contribution in [0.5, 0.6) is 0 Å². The lowest BCUT2D eigenvalue weighted by Crippen LogP contribution is -2.67. The van der Waals surface area contributed by atoms with Crippen molar-refractivity contribution in [1.82, 2.24) is 0 Å². The zero-order chi connectivity index (χ0) is 37.2. The Hall–Kier alpha value is -0.680. The van der Waals surface area contributed by atoms with Crippen LogP contribution in [-0.2, 0) is 28.4 Å². The molecule has 0 bridgehead atoms. The second-order valence-corrected chi connectivity index (χ2v) is 16.5. The van der Waals surface area contributed by atoms with E-state index in [9.17, 15) is 56.2 Å². The van der Waals surface area contributed by atoms with E-state index < -0.39 is 117 Å². The average molecular weight is 751 g/mol. The Morgan fingerprint density at radius 2 is 1.13 bits per heavy atom. The highest BCUT2D eigenvalue weighted by Gasteiger charge is 2.60. The zero-order valence-corrected chi connectivity index (χ0v) is 29.3. The first-order valence-corrected chi connectivity index (χ1v) is 19.1. The molecule has 3 saturated carbocycles. The zero-order valence-electron chi connectivity index (χ0n) is 29.3. The van der Waals surface area contributed by atoms with E-state index in [1.807, 2.05) is 0 Å². The predicted octanol–water partition coefficient (Wildman–Crippen LogP) is -3.62. The lowest BCUT2D eigenvalue weighted by Gasteiger charge is -2.59. The van der Waals surface area contributed by atoms with Gasteiger partial charge in [-0.3, -0.25) is 0 Å². The average Bonchev–Trinajstić information content (AvgIpc) is 3.11. The number of hydrogen-bond donors (Lipinski definition) is 11. The standard InChI is InChI=1S/C35H58O17/c1-12-25(40)28(43)30(45)34(48-12)47-11-23-27(42)29(44)31(46)35(51-23)52-33-17-10-20(13-2-4-15(36)5-3-13)49-21-8-16(37)9-22(24(17)21)50-32(33)14-6-18(38)26(41)19(39)7-14/h12-46H,2-11H2,1H3/t12-,13?,14?,15?,16?,17?,18?,19?,20?,21?,22?,23-,24?,25-,26?,27-,28+,29+,30+,31-,32?,33?,34+,35+/m1/s1. The minimum absolute atomic E-state index is 0.0772. The van der Waals surface area contributed by atoms with Crippen LogP contribution in [0.3, 0.4) is 0 Å². The molecule has 4 saturated heterocycles. The van der Waals surface area contributed by atoms with Crippen LogP contribution in [-0.4, -0.2) is 185 Å². The first-order valence-electron chi connectivity index (χ1n) is 19.1. The summed E-state index contributed by atoms with van der Waals surface area (Å²) in [6, 6.07) is 0. The first kappa shape index (κ1) is 39.6. The van der Waals surface area contributed by atoms with Gasteiger partial charge in [0.1, 0.15) is 48.8 Å². The van der Waals surface area contributed by atoms with E-state index >= 15 is 0 Å². The molecule has 0 aromatic rings. The molecule has 0 amide bonds. The lowest BCUT2D eigenvalue weighted by molar-refractivity contribution is -0.360. The smallest absolute Gasteiger partial charge is 0.187 e. The molecule has 3 aliphatic carbocycles. The first-order chi connectivity index (χ1) is 24.7. The van der Waals surface area contributed by atoms with Gasteiger partial charge in [0.05, 0.1) is 67.6 Å². The van der Waals surface area contributed by atoms with E-state index in [0.29, 0.717) is 32.1 Å². The molecule has 300 valence electrons. The van der Waals surface area contributed by atoms with Crippen molar-refractivity contribution in [3.05, 3.63) is 0 Å². The molecule has 4 heterocycles. The monoisotopic (exact) mass is 750 g/mol. The lowest BCUT2D eigenvalue weighted by atomic mass is 9.63. The van der Waals surface area contributed by atoms with Crippen molar-refractivity contribution in [1.29, 1.82) is 0 Å². The topological polar surface area (TPSA) is 278 Å². The van der Waals surface area contributed by atoms with Crippen LogP contribution in [0.4, 0.5) is 0 Å². The molecule has 0 radical (unpaired) electrons. The fourth-order valence-electron chi connectivity index (χ4n) is 10.1. The SMILES string of the molecule is C[C@H]1O[C@H](OC[C@H]2O[C@@H](OC3C4CC(C5CCC(O)CC5)OC5CC(O)CC(OC3C3CC(O)C(O)C(O)C3)C54)[C@H](O)[C@@H](O)[C@@H]2O)[C@@H](O)[C@@H](O)[C@@H]1O. The molecule has 0 aromatic heterocycles. The Labute approximate surface area is 302 Å². The van der Waals surface area contributed by atoms with Gasteiger partial charge in [0.25, 0.3) is 0 Å². The van der Waals surface area contributed by atoms with Crippen molar-refractivity contribution in [2.75, 3.05) is 6.61 Å². The largest absolute Gasteiger partial charge is 0.393 e. The summed E-state index contributed by atoms with van der Waals surface area (Å²) in [4.78, 5) is 0. The van der Waals surface area contributed by atoms with Gasteiger partial charge in [-0.15, -0.1) is 0 Å². The van der Waals surface area contributed by atoms with Gasteiger partial charge >= 0.3 is 0 Å². The second-order valence-electron chi connectivity index (χ2n) is 16.5. The molecule has 52 heavy (non-hydrogen) atoms. The Bertz CT molecular complexity index is 1160. The molecule has 10 unspecified atom stereocenters. The third-order valence-corrected chi connectivity index (χ3v) is 13.1. The normalized spacial score (nSPS) is 57.2. The summed E-state index contributed by atoms with van der Waals surface area (Å²) in [7, 11) is 0. The minimum Gasteiger partial charge on any atom is -0.393 e. The van der Waals surface area contributed by atoms with Gasteiger partial charge in [0.15, 0.2) is 12.6 Å². The van der Waals surface area contributed by atoms with E-state index in [0.717, 1.165) is 12.8 Å². The van der Waals surface area contributed by atoms with Crippen molar-refractivity contribution in [2.24, 2.45) is 23.7 Å². The number of aliphatic hydroxyl groups excluding tert-OH is 11. The minimum atomic E-state index is -1.76. The van der Waals surface area contributed by atoms with E-state index in [4.69, 9.17) is 28.4 Å². The molecular formula is C35H58O17. The maximum atomic E-state index is 11.2. The summed E-state index contributed by atoms with van der Waals surface area (Å²) >= 11 is 0. The van der Waals surface area contributed by atoms with Crippen LogP contribution in [0, 0.1) is 23.7 Å². The molecule has 20 atom stereocenters. The Balaban J connectivity index is 1.15. The quantitative estimate of drug-likeness (QED) is 0.120. The third kappa shape index (κ3) is 7.70. The van der Waals surface area contributed by atoms with E-state index in [1.54, 1.807) is 0 Å². The molecule has 17 nitrogen and oxygen atoms in total. The van der Waals surface area contributed by atoms with Crippen molar-refractivity contribution in [2.45, 2.75) is 187 Å². The third-order valence-electron chi connectivity index (χ3n) is 13.1. The van der Waals surface area contributed by atoms with Crippen LogP contribution < -0.4 is 0 Å². The van der Waals surface area contributed by atoms with Gasteiger partial charge in [-0.25, -0.2) is 0 Å². The number of aliphatic hydroxyl groups is 11. The van der Waals surface area contributed by atoms with Gasteiger partial charge < -0.3 is 84.6 Å². The highest BCUT2D eigenvalue weighted by atomic mass is 16.7. The number of rotatable bonds is 7. The molecule has 17 heteroatoms. The molecule has 11 N–H and O–H groups in total. The van der Waals surface area contributed by atoms with Crippen molar-refractivity contribution < 1.29 is 84.6 Å². The molecular weight excluding hydrogens is 692 g/mol. The van der Waals surface area contributed by atoms with Crippen LogP contribution >= 0.6 is 0 Å². The molecule has 0 spiro atoms. The Morgan fingerprint density at radius 1 is 0.519 bits per heavy atom. The van der Waals surface area contributed by atoms with Gasteiger partial charge in [-0.2, -0.15) is 0 Å². The fraction of sp³-hybridized carbons (Fsp3) is 1.00.